The number of hydrogen-bond acceptors (Lipinski definition) is 1. The van der Waals surface area contributed by atoms with E-state index in [4.69, 9.17) is 34.8 Å². The van der Waals surface area contributed by atoms with Crippen molar-refractivity contribution in [2.24, 2.45) is 0 Å². The van der Waals surface area contributed by atoms with Crippen molar-refractivity contribution in [1.29, 1.82) is 0 Å². The van der Waals surface area contributed by atoms with Crippen molar-refractivity contribution in [1.82, 2.24) is 0 Å². The Hall–Kier alpha value is -0.210. The van der Waals surface area contributed by atoms with Crippen molar-refractivity contribution in [2.45, 2.75) is 24.6 Å². The normalized spacial score (nSPS) is 14.4. The fourth-order valence-corrected chi connectivity index (χ4v) is 4.24. The van der Waals surface area contributed by atoms with Crippen LogP contribution in [0.2, 0.25) is 8.67 Å². The van der Waals surface area contributed by atoms with E-state index in [1.165, 1.54) is 16.9 Å². The summed E-state index contributed by atoms with van der Waals surface area (Å²) in [5.41, 5.74) is 2.17. The molecule has 0 N–H and O–H groups in total. The Morgan fingerprint density at radius 1 is 1.17 bits per heavy atom. The molecular formula is C14H13Cl3S. The first-order valence-electron chi connectivity index (χ1n) is 5.77. The molecule has 18 heavy (non-hydrogen) atoms. The van der Waals surface area contributed by atoms with Gasteiger partial charge in [-0.2, -0.15) is 0 Å². The Balaban J connectivity index is 2.31. The second-order valence-electron chi connectivity index (χ2n) is 4.11. The topological polar surface area (TPSA) is 0 Å². The van der Waals surface area contributed by atoms with E-state index in [1.54, 1.807) is 0 Å². The van der Waals surface area contributed by atoms with Crippen molar-refractivity contribution >= 4 is 46.1 Å². The fraction of sp³-hybridized carbons (Fsp3) is 0.286. The fourth-order valence-electron chi connectivity index (χ4n) is 2.07. The average Bonchev–Trinajstić information content (AvgIpc) is 2.70. The van der Waals surface area contributed by atoms with Gasteiger partial charge >= 0.3 is 0 Å². The van der Waals surface area contributed by atoms with Crippen LogP contribution in [0.4, 0.5) is 0 Å². The summed E-state index contributed by atoms with van der Waals surface area (Å²) >= 11 is 20.1. The molecule has 0 saturated heterocycles. The zero-order chi connectivity index (χ0) is 13.1. The van der Waals surface area contributed by atoms with Gasteiger partial charge in [0.1, 0.15) is 0 Å². The Morgan fingerprint density at radius 3 is 2.33 bits per heavy atom. The minimum atomic E-state index is -0.145. The van der Waals surface area contributed by atoms with Crippen LogP contribution in [0.5, 0.6) is 0 Å². The van der Waals surface area contributed by atoms with Gasteiger partial charge in [-0.15, -0.1) is 22.9 Å². The molecule has 0 radical (unpaired) electrons. The van der Waals surface area contributed by atoms with Gasteiger partial charge in [0.2, 0.25) is 0 Å². The van der Waals surface area contributed by atoms with Crippen LogP contribution >= 0.6 is 46.1 Å². The van der Waals surface area contributed by atoms with Crippen LogP contribution in [0.25, 0.3) is 0 Å². The van der Waals surface area contributed by atoms with Crippen LogP contribution < -0.4 is 0 Å². The van der Waals surface area contributed by atoms with Crippen LogP contribution in [-0.4, -0.2) is 0 Å². The maximum Gasteiger partial charge on any atom is 0.0991 e. The van der Waals surface area contributed by atoms with Gasteiger partial charge in [-0.1, -0.05) is 60.5 Å². The average molecular weight is 320 g/mol. The predicted octanol–water partition coefficient (Wildman–Crippen LogP) is 6.53. The molecule has 0 aliphatic heterocycles. The van der Waals surface area contributed by atoms with Crippen molar-refractivity contribution in [2.75, 3.05) is 0 Å². The standard InChI is InChI=1S/C14H13Cl3S/c1-2-10(9-6-4-3-5-7-9)13(16)11-8-12(15)18-14(11)17/h3-8,10,13H,2H2,1H3. The number of thiophene rings is 1. The lowest BCUT2D eigenvalue weighted by Gasteiger charge is -2.21. The molecule has 0 aliphatic carbocycles. The molecular weight excluding hydrogens is 307 g/mol. The monoisotopic (exact) mass is 318 g/mol. The predicted molar refractivity (Wildman–Crippen MR) is 82.4 cm³/mol. The Labute approximate surface area is 126 Å². The number of alkyl halides is 1. The SMILES string of the molecule is CCC(c1ccccc1)C(Cl)c1cc(Cl)sc1Cl. The van der Waals surface area contributed by atoms with Crippen molar-refractivity contribution < 1.29 is 0 Å². The molecule has 0 aliphatic rings. The molecule has 0 fully saturated rings. The maximum absolute atomic E-state index is 6.59. The molecule has 2 atom stereocenters. The summed E-state index contributed by atoms with van der Waals surface area (Å²) in [6.45, 7) is 2.13. The number of benzene rings is 1. The Kier molecular flexibility index (Phi) is 4.97. The van der Waals surface area contributed by atoms with Gasteiger partial charge in [-0.05, 0) is 18.1 Å². The van der Waals surface area contributed by atoms with Crippen molar-refractivity contribution in [3.05, 3.63) is 56.2 Å². The van der Waals surface area contributed by atoms with Crippen LogP contribution in [0.1, 0.15) is 35.8 Å². The van der Waals surface area contributed by atoms with E-state index in [9.17, 15) is 0 Å². The summed E-state index contributed by atoms with van der Waals surface area (Å²) in [6, 6.07) is 12.1. The molecule has 1 heterocycles. The van der Waals surface area contributed by atoms with Crippen molar-refractivity contribution in [3.8, 4) is 0 Å². The third-order valence-electron chi connectivity index (χ3n) is 3.00. The van der Waals surface area contributed by atoms with Gasteiger partial charge in [-0.25, -0.2) is 0 Å². The summed E-state index contributed by atoms with van der Waals surface area (Å²) in [5.74, 6) is 0.246. The molecule has 0 amide bonds. The molecule has 0 spiro atoms. The summed E-state index contributed by atoms with van der Waals surface area (Å²) in [5, 5.41) is -0.145. The van der Waals surface area contributed by atoms with E-state index in [-0.39, 0.29) is 11.3 Å². The van der Waals surface area contributed by atoms with Gasteiger partial charge in [0.05, 0.1) is 14.0 Å². The van der Waals surface area contributed by atoms with Gasteiger partial charge in [0.15, 0.2) is 0 Å². The van der Waals surface area contributed by atoms with Gasteiger partial charge in [0, 0.05) is 11.5 Å². The molecule has 1 aromatic carbocycles. The number of halogens is 3. The highest BCUT2D eigenvalue weighted by molar-refractivity contribution is 7.20. The lowest BCUT2D eigenvalue weighted by atomic mass is 9.90. The summed E-state index contributed by atoms with van der Waals surface area (Å²) in [7, 11) is 0. The third-order valence-corrected chi connectivity index (χ3v) is 5.06. The van der Waals surface area contributed by atoms with Gasteiger partial charge in [0.25, 0.3) is 0 Å². The number of rotatable bonds is 4. The molecule has 4 heteroatoms. The van der Waals surface area contributed by atoms with E-state index in [0.717, 1.165) is 12.0 Å². The largest absolute Gasteiger partial charge is 0.117 e. The van der Waals surface area contributed by atoms with Crippen LogP contribution in [-0.2, 0) is 0 Å². The highest BCUT2D eigenvalue weighted by atomic mass is 35.5. The van der Waals surface area contributed by atoms with E-state index < -0.39 is 0 Å². The van der Waals surface area contributed by atoms with E-state index in [1.807, 2.05) is 24.3 Å². The second-order valence-corrected chi connectivity index (χ2v) is 6.86. The molecule has 0 saturated carbocycles. The van der Waals surface area contributed by atoms with Crippen LogP contribution in [0.3, 0.4) is 0 Å². The minimum Gasteiger partial charge on any atom is -0.117 e. The van der Waals surface area contributed by atoms with Gasteiger partial charge < -0.3 is 0 Å². The van der Waals surface area contributed by atoms with Crippen LogP contribution in [0, 0.1) is 0 Å². The lowest BCUT2D eigenvalue weighted by molar-refractivity contribution is 0.642. The van der Waals surface area contributed by atoms with Crippen molar-refractivity contribution in [3.63, 3.8) is 0 Å². The molecule has 2 aromatic rings. The summed E-state index contributed by atoms with van der Waals surface area (Å²) in [6.07, 6.45) is 0.960. The summed E-state index contributed by atoms with van der Waals surface area (Å²) in [4.78, 5) is 0. The second kappa shape index (κ2) is 6.29. The highest BCUT2D eigenvalue weighted by Crippen LogP contribution is 2.45. The van der Waals surface area contributed by atoms with Crippen LogP contribution in [0.15, 0.2) is 36.4 Å². The first-order chi connectivity index (χ1) is 8.63. The van der Waals surface area contributed by atoms with E-state index in [0.29, 0.717) is 8.67 Å². The molecule has 2 rings (SSSR count). The molecule has 96 valence electrons. The molecule has 1 aromatic heterocycles. The molecule has 2 unspecified atom stereocenters. The van der Waals surface area contributed by atoms with E-state index in [2.05, 4.69) is 19.1 Å². The zero-order valence-electron chi connectivity index (χ0n) is 9.87. The number of hydrogen-bond donors (Lipinski definition) is 0. The minimum absolute atomic E-state index is 0.145. The molecule has 0 nitrogen and oxygen atoms in total. The summed E-state index contributed by atoms with van der Waals surface area (Å²) < 4.78 is 1.37. The Bertz CT molecular complexity index is 507. The maximum atomic E-state index is 6.59. The van der Waals surface area contributed by atoms with Gasteiger partial charge in [-0.3, -0.25) is 0 Å². The Morgan fingerprint density at radius 2 is 1.83 bits per heavy atom. The highest BCUT2D eigenvalue weighted by Gasteiger charge is 2.24. The third kappa shape index (κ3) is 3.03. The zero-order valence-corrected chi connectivity index (χ0v) is 13.0. The first-order valence-corrected chi connectivity index (χ1v) is 7.78. The quantitative estimate of drug-likeness (QED) is 0.562. The first kappa shape index (κ1) is 14.2. The lowest BCUT2D eigenvalue weighted by Crippen LogP contribution is -2.05. The van der Waals surface area contributed by atoms with E-state index >= 15 is 0 Å². The smallest absolute Gasteiger partial charge is 0.0991 e. The molecule has 0 bridgehead atoms.